The van der Waals surface area contributed by atoms with Gasteiger partial charge in [0, 0.05) is 16.6 Å². The van der Waals surface area contributed by atoms with E-state index in [0.717, 1.165) is 22.3 Å². The summed E-state index contributed by atoms with van der Waals surface area (Å²) in [5.74, 6) is -2.20. The van der Waals surface area contributed by atoms with Crippen LogP contribution in [0.15, 0.2) is 65.3 Å². The lowest BCUT2D eigenvalue weighted by molar-refractivity contribution is -0.139. The van der Waals surface area contributed by atoms with E-state index in [0.29, 0.717) is 4.47 Å². The molecule has 8 nitrogen and oxygen atoms in total. The van der Waals surface area contributed by atoms with Crippen molar-refractivity contribution in [2.75, 3.05) is 11.9 Å². The molecule has 1 heterocycles. The van der Waals surface area contributed by atoms with Gasteiger partial charge in [-0.1, -0.05) is 60.1 Å². The summed E-state index contributed by atoms with van der Waals surface area (Å²) < 4.78 is 5.99. The number of aromatic nitrogens is 1. The molecule has 34 heavy (non-hydrogen) atoms. The molecule has 0 spiro atoms. The van der Waals surface area contributed by atoms with Crippen LogP contribution in [0.25, 0.3) is 11.1 Å². The highest BCUT2D eigenvalue weighted by molar-refractivity contribution is 9.10. The minimum atomic E-state index is -1.39. The topological polar surface area (TPSA) is 118 Å². The third kappa shape index (κ3) is 5.21. The number of halogens is 2. The number of carboxylic acid groups (broad SMARTS) is 1. The van der Waals surface area contributed by atoms with Crippen molar-refractivity contribution in [2.45, 2.75) is 18.4 Å². The molecule has 0 fully saturated rings. The number of amides is 2. The summed E-state index contributed by atoms with van der Waals surface area (Å²) in [7, 11) is 0. The lowest BCUT2D eigenvalue weighted by Crippen LogP contribution is -2.45. The Morgan fingerprint density at radius 3 is 2.32 bits per heavy atom. The number of fused-ring (bicyclic) bond motifs is 3. The number of pyridine rings is 1. The molecule has 1 atom stereocenters. The van der Waals surface area contributed by atoms with E-state index in [1.165, 1.54) is 12.3 Å². The zero-order valence-corrected chi connectivity index (χ0v) is 20.0. The molecule has 1 unspecified atom stereocenters. The van der Waals surface area contributed by atoms with Crippen molar-refractivity contribution in [3.8, 4) is 11.1 Å². The van der Waals surface area contributed by atoms with Crippen LogP contribution in [0.3, 0.4) is 0 Å². The van der Waals surface area contributed by atoms with Crippen LogP contribution in [-0.2, 0) is 14.3 Å². The molecule has 0 aliphatic heterocycles. The number of alkyl carbamates (subject to hydrolysis) is 1. The van der Waals surface area contributed by atoms with Gasteiger partial charge in [0.2, 0.25) is 5.91 Å². The second kappa shape index (κ2) is 10.2. The summed E-state index contributed by atoms with van der Waals surface area (Å²) in [5.41, 5.74) is 4.40. The van der Waals surface area contributed by atoms with E-state index >= 15 is 0 Å². The summed E-state index contributed by atoms with van der Waals surface area (Å²) in [6.45, 7) is 0.0304. The van der Waals surface area contributed by atoms with Gasteiger partial charge in [0.1, 0.15) is 12.6 Å². The first kappa shape index (κ1) is 23.7. The van der Waals surface area contributed by atoms with Crippen LogP contribution in [0, 0.1) is 0 Å². The van der Waals surface area contributed by atoms with E-state index in [9.17, 15) is 19.5 Å². The van der Waals surface area contributed by atoms with Gasteiger partial charge in [-0.15, -0.1) is 0 Å². The second-order valence-electron chi connectivity index (χ2n) is 7.60. The van der Waals surface area contributed by atoms with Crippen LogP contribution < -0.4 is 10.6 Å². The van der Waals surface area contributed by atoms with Gasteiger partial charge in [0.15, 0.2) is 5.15 Å². The first-order valence-electron chi connectivity index (χ1n) is 10.3. The number of anilines is 1. The summed E-state index contributed by atoms with van der Waals surface area (Å²) in [6, 6.07) is 15.9. The zero-order chi connectivity index (χ0) is 24.2. The summed E-state index contributed by atoms with van der Waals surface area (Å²) in [6.07, 6.45) is -0.0989. The smallest absolute Gasteiger partial charge is 0.407 e. The Morgan fingerprint density at radius 2 is 1.71 bits per heavy atom. The molecule has 1 aromatic heterocycles. The number of carboxylic acids is 1. The second-order valence-corrected chi connectivity index (χ2v) is 8.88. The molecule has 0 radical (unpaired) electrons. The number of nitrogens with one attached hydrogen (secondary N) is 2. The van der Waals surface area contributed by atoms with Gasteiger partial charge in [0.25, 0.3) is 0 Å². The van der Waals surface area contributed by atoms with Crippen molar-refractivity contribution in [3.05, 3.63) is 81.5 Å². The van der Waals surface area contributed by atoms with E-state index in [1.54, 1.807) is 0 Å². The molecule has 0 saturated carbocycles. The molecule has 0 saturated heterocycles. The maximum atomic E-state index is 12.7. The molecular formula is C24H19BrClN3O5. The van der Waals surface area contributed by atoms with Crippen molar-refractivity contribution in [1.29, 1.82) is 0 Å². The Bertz CT molecular complexity index is 1220. The summed E-state index contributed by atoms with van der Waals surface area (Å²) in [5, 5.41) is 14.1. The molecule has 1 aliphatic rings. The first-order valence-corrected chi connectivity index (χ1v) is 11.5. The van der Waals surface area contributed by atoms with E-state index in [4.69, 9.17) is 16.3 Å². The molecule has 2 amide bonds. The third-order valence-corrected chi connectivity index (χ3v) is 6.13. The van der Waals surface area contributed by atoms with Gasteiger partial charge < -0.3 is 20.5 Å². The molecule has 10 heteroatoms. The largest absolute Gasteiger partial charge is 0.481 e. The van der Waals surface area contributed by atoms with Crippen LogP contribution >= 0.6 is 27.5 Å². The normalized spacial score (nSPS) is 12.9. The Morgan fingerprint density at radius 1 is 1.09 bits per heavy atom. The maximum Gasteiger partial charge on any atom is 0.407 e. The molecule has 0 bridgehead atoms. The number of benzene rings is 2. The number of carbonyl (C=O) groups excluding carboxylic acids is 2. The lowest BCUT2D eigenvalue weighted by Gasteiger charge is -2.19. The number of nitrogens with zero attached hydrogens (tertiary/aromatic N) is 1. The standard InChI is InChI=1S/C24H19BrClN3O5/c25-13-9-19(22(26)27-11-13)28-23(32)20(10-21(30)31)29-24(33)34-12-18-16-7-3-1-5-14(16)15-6-2-4-8-17(15)18/h1-9,11,18,20H,10,12H2,(H,28,32)(H,29,33)(H,30,31). The number of carbonyl (C=O) groups is 3. The quantitative estimate of drug-likeness (QED) is 0.367. The Hall–Kier alpha value is -3.43. The number of hydrogen-bond acceptors (Lipinski definition) is 5. The Kier molecular flexibility index (Phi) is 7.14. The monoisotopic (exact) mass is 543 g/mol. The SMILES string of the molecule is O=C(O)CC(NC(=O)OCC1c2ccccc2-c2ccccc21)C(=O)Nc1cc(Br)cnc1Cl. The average Bonchev–Trinajstić information content (AvgIpc) is 3.13. The predicted octanol–water partition coefficient (Wildman–Crippen LogP) is 4.82. The molecular weight excluding hydrogens is 526 g/mol. The molecule has 1 aliphatic carbocycles. The third-order valence-electron chi connectivity index (χ3n) is 5.39. The lowest BCUT2D eigenvalue weighted by atomic mass is 9.98. The predicted molar refractivity (Wildman–Crippen MR) is 130 cm³/mol. The molecule has 2 aromatic carbocycles. The minimum Gasteiger partial charge on any atom is -0.481 e. The van der Waals surface area contributed by atoms with Gasteiger partial charge in [0.05, 0.1) is 12.1 Å². The highest BCUT2D eigenvalue weighted by atomic mass is 79.9. The van der Waals surface area contributed by atoms with Crippen molar-refractivity contribution in [1.82, 2.24) is 10.3 Å². The summed E-state index contributed by atoms with van der Waals surface area (Å²) in [4.78, 5) is 40.4. The van der Waals surface area contributed by atoms with Gasteiger partial charge >= 0.3 is 12.1 Å². The maximum absolute atomic E-state index is 12.7. The Labute approximate surface area is 208 Å². The fourth-order valence-electron chi connectivity index (χ4n) is 3.90. The van der Waals surface area contributed by atoms with Crippen LogP contribution in [0.1, 0.15) is 23.5 Å². The van der Waals surface area contributed by atoms with Crippen LogP contribution in [0.4, 0.5) is 10.5 Å². The van der Waals surface area contributed by atoms with Gasteiger partial charge in [-0.2, -0.15) is 0 Å². The molecule has 174 valence electrons. The van der Waals surface area contributed by atoms with Gasteiger partial charge in [-0.3, -0.25) is 9.59 Å². The van der Waals surface area contributed by atoms with Crippen LogP contribution in [0.2, 0.25) is 5.15 Å². The zero-order valence-electron chi connectivity index (χ0n) is 17.6. The van der Waals surface area contributed by atoms with Crippen molar-refractivity contribution < 1.29 is 24.2 Å². The fourth-order valence-corrected chi connectivity index (χ4v) is 4.38. The highest BCUT2D eigenvalue weighted by Crippen LogP contribution is 2.44. The van der Waals surface area contributed by atoms with Crippen molar-refractivity contribution in [2.24, 2.45) is 0 Å². The van der Waals surface area contributed by atoms with Crippen LogP contribution in [-0.4, -0.2) is 40.7 Å². The molecule has 3 N–H and O–H groups in total. The molecule has 4 rings (SSSR count). The Balaban J connectivity index is 1.44. The van der Waals surface area contributed by atoms with Crippen molar-refractivity contribution >= 4 is 51.2 Å². The van der Waals surface area contributed by atoms with Crippen LogP contribution in [0.5, 0.6) is 0 Å². The number of aliphatic carboxylic acids is 1. The van der Waals surface area contributed by atoms with E-state index in [2.05, 4.69) is 31.5 Å². The molecule has 3 aromatic rings. The van der Waals surface area contributed by atoms with Crippen molar-refractivity contribution in [3.63, 3.8) is 0 Å². The number of hydrogen-bond donors (Lipinski definition) is 3. The number of rotatable bonds is 7. The van der Waals surface area contributed by atoms with E-state index < -0.39 is 30.4 Å². The number of ether oxygens (including phenoxy) is 1. The average molecular weight is 545 g/mol. The minimum absolute atomic E-state index is 0.0202. The first-order chi connectivity index (χ1) is 16.3. The highest BCUT2D eigenvalue weighted by Gasteiger charge is 2.30. The van der Waals surface area contributed by atoms with Gasteiger partial charge in [-0.25, -0.2) is 9.78 Å². The van der Waals surface area contributed by atoms with E-state index in [1.807, 2.05) is 48.5 Å². The fraction of sp³-hybridized carbons (Fsp3) is 0.167. The van der Waals surface area contributed by atoms with E-state index in [-0.39, 0.29) is 23.4 Å². The van der Waals surface area contributed by atoms with Gasteiger partial charge in [-0.05, 0) is 44.3 Å². The summed E-state index contributed by atoms with van der Waals surface area (Å²) >= 11 is 9.21.